The third-order valence-electron chi connectivity index (χ3n) is 1.35. The topological polar surface area (TPSA) is 175 Å². The third-order valence-corrected chi connectivity index (χ3v) is 1.35. The van der Waals surface area contributed by atoms with Gasteiger partial charge in [0.2, 0.25) is 0 Å². The molecule has 6 N–H and O–H groups in total. The Kier molecular flexibility index (Phi) is 9.76. The highest BCUT2D eigenvalue weighted by Gasteiger charge is 2.12. The maximum absolute atomic E-state index is 9.99. The smallest absolute Gasteiger partial charge is 0.328 e. The van der Waals surface area contributed by atoms with Gasteiger partial charge in [0.05, 0.1) is 0 Å². The Morgan fingerprint density at radius 3 is 1.56 bits per heavy atom. The second-order valence-electron chi connectivity index (χ2n) is 2.89. The van der Waals surface area contributed by atoms with Gasteiger partial charge in [-0.1, -0.05) is 0 Å². The van der Waals surface area contributed by atoms with Crippen LogP contribution in [0.15, 0.2) is 12.2 Å². The third kappa shape index (κ3) is 16.0. The Labute approximate surface area is 101 Å². The standard InChI is InChI=1S/C5H9NO4.C4H4O4/c6-3(5(9)10)1-2-4(7)8;5-3(6)1-2-4(7)8/h3H,1-2,6H2,(H,7,8)(H,9,10);1-2H,(H,5,6)(H,7,8). The molecule has 1 atom stereocenters. The molecule has 9 nitrogen and oxygen atoms in total. The van der Waals surface area contributed by atoms with Crippen LogP contribution in [-0.4, -0.2) is 50.3 Å². The van der Waals surface area contributed by atoms with E-state index in [0.717, 1.165) is 0 Å². The van der Waals surface area contributed by atoms with Gasteiger partial charge in [0.15, 0.2) is 0 Å². The molecule has 0 aromatic heterocycles. The quantitative estimate of drug-likeness (QED) is 0.375. The predicted octanol–water partition coefficient (Wildman–Crippen LogP) is -1.03. The van der Waals surface area contributed by atoms with E-state index < -0.39 is 29.9 Å². The van der Waals surface area contributed by atoms with Gasteiger partial charge in [0.1, 0.15) is 6.04 Å². The number of carbonyl (C=O) groups is 4. The van der Waals surface area contributed by atoms with Crippen molar-refractivity contribution in [2.45, 2.75) is 18.9 Å². The zero-order valence-electron chi connectivity index (χ0n) is 9.15. The van der Waals surface area contributed by atoms with Crippen molar-refractivity contribution in [3.8, 4) is 0 Å². The number of rotatable bonds is 6. The van der Waals surface area contributed by atoms with Crippen LogP contribution in [0.2, 0.25) is 0 Å². The van der Waals surface area contributed by atoms with Crippen molar-refractivity contribution in [3.05, 3.63) is 12.2 Å². The van der Waals surface area contributed by atoms with Crippen LogP contribution in [0.1, 0.15) is 12.8 Å². The number of hydrogen-bond donors (Lipinski definition) is 5. The van der Waals surface area contributed by atoms with Crippen molar-refractivity contribution in [3.63, 3.8) is 0 Å². The molecule has 0 aliphatic carbocycles. The zero-order valence-corrected chi connectivity index (χ0v) is 9.15. The molecule has 0 aliphatic heterocycles. The number of carboxylic acids is 4. The molecular formula is C9H13NO8. The summed E-state index contributed by atoms with van der Waals surface area (Å²) in [5, 5.41) is 31.9. The second-order valence-corrected chi connectivity index (χ2v) is 2.89. The second kappa shape index (κ2) is 9.78. The summed E-state index contributed by atoms with van der Waals surface area (Å²) in [6, 6.07) is -1.06. The van der Waals surface area contributed by atoms with Crippen molar-refractivity contribution < 1.29 is 39.6 Å². The van der Waals surface area contributed by atoms with E-state index in [2.05, 4.69) is 0 Å². The molecule has 0 amide bonds. The van der Waals surface area contributed by atoms with E-state index >= 15 is 0 Å². The highest BCUT2D eigenvalue weighted by molar-refractivity contribution is 5.89. The minimum Gasteiger partial charge on any atom is -0.481 e. The normalized spacial score (nSPS) is 11.2. The first-order valence-electron chi connectivity index (χ1n) is 4.51. The zero-order chi connectivity index (χ0) is 14.7. The number of hydrogen-bond acceptors (Lipinski definition) is 5. The van der Waals surface area contributed by atoms with Crippen LogP contribution in [-0.2, 0) is 19.2 Å². The summed E-state index contributed by atoms with van der Waals surface area (Å²) in [6.07, 6.45) is 0.892. The SMILES string of the molecule is NC(CCC(=O)O)C(=O)O.O=C(O)C=CC(=O)O. The highest BCUT2D eigenvalue weighted by Crippen LogP contribution is 1.93. The average molecular weight is 263 g/mol. The average Bonchev–Trinajstić information content (AvgIpc) is 2.23. The fourth-order valence-electron chi connectivity index (χ4n) is 0.545. The molecule has 0 spiro atoms. The van der Waals surface area contributed by atoms with E-state index in [1.54, 1.807) is 0 Å². The van der Waals surface area contributed by atoms with E-state index in [1.807, 2.05) is 0 Å². The van der Waals surface area contributed by atoms with Crippen LogP contribution in [0, 0.1) is 0 Å². The van der Waals surface area contributed by atoms with E-state index in [0.29, 0.717) is 12.2 Å². The molecule has 0 radical (unpaired) electrons. The Bertz CT molecular complexity index is 332. The fraction of sp³-hybridized carbons (Fsp3) is 0.333. The van der Waals surface area contributed by atoms with Crippen molar-refractivity contribution in [2.24, 2.45) is 5.73 Å². The molecule has 0 fully saturated rings. The summed E-state index contributed by atoms with van der Waals surface area (Å²) in [5.41, 5.74) is 5.00. The summed E-state index contributed by atoms with van der Waals surface area (Å²) >= 11 is 0. The van der Waals surface area contributed by atoms with E-state index in [4.69, 9.17) is 26.2 Å². The number of nitrogens with two attached hydrogens (primary N) is 1. The summed E-state index contributed by atoms with van der Waals surface area (Å²) in [6.45, 7) is 0. The van der Waals surface area contributed by atoms with Crippen molar-refractivity contribution in [1.82, 2.24) is 0 Å². The van der Waals surface area contributed by atoms with Gasteiger partial charge >= 0.3 is 23.9 Å². The lowest BCUT2D eigenvalue weighted by atomic mass is 10.2. The highest BCUT2D eigenvalue weighted by atomic mass is 16.4. The molecule has 0 rings (SSSR count). The molecule has 102 valence electrons. The van der Waals surface area contributed by atoms with Gasteiger partial charge in [-0.15, -0.1) is 0 Å². The molecular weight excluding hydrogens is 250 g/mol. The summed E-state index contributed by atoms with van der Waals surface area (Å²) < 4.78 is 0. The Hall–Kier alpha value is -2.42. The summed E-state index contributed by atoms with van der Waals surface area (Å²) in [4.78, 5) is 39.0. The first kappa shape index (κ1) is 18.0. The predicted molar refractivity (Wildman–Crippen MR) is 56.9 cm³/mol. The maximum Gasteiger partial charge on any atom is 0.328 e. The number of aliphatic carboxylic acids is 4. The molecule has 9 heteroatoms. The van der Waals surface area contributed by atoms with Crippen LogP contribution >= 0.6 is 0 Å². The maximum atomic E-state index is 9.99. The molecule has 0 bridgehead atoms. The van der Waals surface area contributed by atoms with Gasteiger partial charge in [-0.3, -0.25) is 9.59 Å². The van der Waals surface area contributed by atoms with Crippen LogP contribution in [0.3, 0.4) is 0 Å². The van der Waals surface area contributed by atoms with Crippen molar-refractivity contribution >= 4 is 23.9 Å². The van der Waals surface area contributed by atoms with Crippen molar-refractivity contribution in [2.75, 3.05) is 0 Å². The van der Waals surface area contributed by atoms with E-state index in [1.165, 1.54) is 0 Å². The van der Waals surface area contributed by atoms with Gasteiger partial charge in [0.25, 0.3) is 0 Å². The Balaban J connectivity index is 0. The van der Waals surface area contributed by atoms with Crippen molar-refractivity contribution in [1.29, 1.82) is 0 Å². The Morgan fingerprint density at radius 2 is 1.33 bits per heavy atom. The fourth-order valence-corrected chi connectivity index (χ4v) is 0.545. The van der Waals surface area contributed by atoms with Gasteiger partial charge in [-0.05, 0) is 6.42 Å². The van der Waals surface area contributed by atoms with E-state index in [9.17, 15) is 19.2 Å². The minimum absolute atomic E-state index is 0.0231. The molecule has 0 saturated heterocycles. The monoisotopic (exact) mass is 263 g/mol. The van der Waals surface area contributed by atoms with Crippen LogP contribution in [0.25, 0.3) is 0 Å². The lowest BCUT2D eigenvalue weighted by molar-refractivity contribution is -0.140. The molecule has 0 saturated carbocycles. The number of carboxylic acid groups (broad SMARTS) is 4. The lowest BCUT2D eigenvalue weighted by Gasteiger charge is -2.01. The van der Waals surface area contributed by atoms with Gasteiger partial charge in [-0.25, -0.2) is 9.59 Å². The Morgan fingerprint density at radius 1 is 0.944 bits per heavy atom. The van der Waals surface area contributed by atoms with Crippen LogP contribution in [0.4, 0.5) is 0 Å². The first-order valence-corrected chi connectivity index (χ1v) is 4.51. The van der Waals surface area contributed by atoms with Gasteiger partial charge in [-0.2, -0.15) is 0 Å². The van der Waals surface area contributed by atoms with Gasteiger partial charge in [0, 0.05) is 18.6 Å². The minimum atomic E-state index is -1.26. The molecule has 0 aromatic rings. The van der Waals surface area contributed by atoms with E-state index in [-0.39, 0.29) is 12.8 Å². The van der Waals surface area contributed by atoms with Crippen LogP contribution < -0.4 is 5.73 Å². The molecule has 18 heavy (non-hydrogen) atoms. The largest absolute Gasteiger partial charge is 0.481 e. The molecule has 0 aliphatic rings. The first-order chi connectivity index (χ1) is 8.16. The summed E-state index contributed by atoms with van der Waals surface area (Å²) in [5.74, 6) is -4.71. The molecule has 1 unspecified atom stereocenters. The van der Waals surface area contributed by atoms with Gasteiger partial charge < -0.3 is 26.2 Å². The molecule has 0 aromatic carbocycles. The molecule has 0 heterocycles. The van der Waals surface area contributed by atoms with Crippen LogP contribution in [0.5, 0.6) is 0 Å². The lowest BCUT2D eigenvalue weighted by Crippen LogP contribution is -2.30. The summed E-state index contributed by atoms with van der Waals surface area (Å²) in [7, 11) is 0.